The van der Waals surface area contributed by atoms with Crippen molar-refractivity contribution in [3.8, 4) is 16.9 Å². The second kappa shape index (κ2) is 5.65. The van der Waals surface area contributed by atoms with Crippen molar-refractivity contribution < 1.29 is 17.9 Å². The first-order valence-corrected chi connectivity index (χ1v) is 7.08. The molecule has 0 atom stereocenters. The molecule has 2 aromatic carbocycles. The lowest BCUT2D eigenvalue weighted by molar-refractivity contribution is -0.137. The molecule has 0 saturated heterocycles. The Labute approximate surface area is 126 Å². The molecule has 0 aliphatic carbocycles. The van der Waals surface area contributed by atoms with E-state index in [0.717, 1.165) is 48.3 Å². The van der Waals surface area contributed by atoms with E-state index >= 15 is 0 Å². The number of ether oxygens (including phenoxy) is 1. The van der Waals surface area contributed by atoms with E-state index in [2.05, 4.69) is 5.32 Å². The zero-order valence-electron chi connectivity index (χ0n) is 12.1. The molecule has 1 aliphatic rings. The van der Waals surface area contributed by atoms with Gasteiger partial charge in [0.25, 0.3) is 0 Å². The van der Waals surface area contributed by atoms with Gasteiger partial charge < -0.3 is 10.1 Å². The summed E-state index contributed by atoms with van der Waals surface area (Å²) >= 11 is 0. The first kappa shape index (κ1) is 14.9. The van der Waals surface area contributed by atoms with Gasteiger partial charge >= 0.3 is 6.18 Å². The second-order valence-electron chi connectivity index (χ2n) is 5.28. The molecule has 0 spiro atoms. The lowest BCUT2D eigenvalue weighted by Gasteiger charge is -2.23. The van der Waals surface area contributed by atoms with Crippen LogP contribution in [-0.2, 0) is 19.1 Å². The fourth-order valence-electron chi connectivity index (χ4n) is 2.87. The topological polar surface area (TPSA) is 21.3 Å². The number of fused-ring (bicyclic) bond motifs is 1. The van der Waals surface area contributed by atoms with E-state index < -0.39 is 11.7 Å². The summed E-state index contributed by atoms with van der Waals surface area (Å²) in [5.41, 5.74) is 3.33. The normalized spacial score (nSPS) is 14.5. The summed E-state index contributed by atoms with van der Waals surface area (Å²) < 4.78 is 43.5. The Balaban J connectivity index is 2.11. The average Bonchev–Trinajstić information content (AvgIpc) is 2.53. The van der Waals surface area contributed by atoms with Crippen LogP contribution in [0.2, 0.25) is 0 Å². The fourth-order valence-corrected chi connectivity index (χ4v) is 2.87. The first-order chi connectivity index (χ1) is 10.5. The lowest BCUT2D eigenvalue weighted by atomic mass is 9.90. The molecule has 5 heteroatoms. The van der Waals surface area contributed by atoms with E-state index in [1.165, 1.54) is 17.7 Å². The molecule has 22 heavy (non-hydrogen) atoms. The van der Waals surface area contributed by atoms with Gasteiger partial charge in [-0.15, -0.1) is 0 Å². The van der Waals surface area contributed by atoms with E-state index in [4.69, 9.17) is 4.74 Å². The molecule has 0 amide bonds. The average molecular weight is 307 g/mol. The number of nitrogens with one attached hydrogen (secondary N) is 1. The van der Waals surface area contributed by atoms with E-state index in [0.29, 0.717) is 5.75 Å². The highest BCUT2D eigenvalue weighted by Crippen LogP contribution is 2.38. The standard InChI is InChI=1S/C17H16F3NO/c1-22-15-7-4-12-10-21-9-8-14(12)16(15)11-2-5-13(6-3-11)17(18,19)20/h2-7,21H,8-10H2,1H3. The Morgan fingerprint density at radius 3 is 2.41 bits per heavy atom. The predicted octanol–water partition coefficient (Wildman–Crippen LogP) is 4.03. The molecular formula is C17H16F3NO. The summed E-state index contributed by atoms with van der Waals surface area (Å²) in [6.07, 6.45) is -3.48. The van der Waals surface area contributed by atoms with Crippen LogP contribution in [0.1, 0.15) is 16.7 Å². The summed E-state index contributed by atoms with van der Waals surface area (Å²) in [5.74, 6) is 0.695. The zero-order chi connectivity index (χ0) is 15.7. The third-order valence-corrected chi connectivity index (χ3v) is 3.96. The molecule has 0 saturated carbocycles. The van der Waals surface area contributed by atoms with Crippen LogP contribution in [0.5, 0.6) is 5.75 Å². The third-order valence-electron chi connectivity index (χ3n) is 3.96. The van der Waals surface area contributed by atoms with E-state index in [9.17, 15) is 13.2 Å². The Morgan fingerprint density at radius 2 is 1.77 bits per heavy atom. The first-order valence-electron chi connectivity index (χ1n) is 7.08. The van der Waals surface area contributed by atoms with Crippen molar-refractivity contribution in [1.29, 1.82) is 0 Å². The molecule has 1 N–H and O–H groups in total. The van der Waals surface area contributed by atoms with Crippen LogP contribution in [0.15, 0.2) is 36.4 Å². The Hall–Kier alpha value is -2.01. The third kappa shape index (κ3) is 2.68. The molecule has 116 valence electrons. The molecule has 0 unspecified atom stereocenters. The largest absolute Gasteiger partial charge is 0.496 e. The molecular weight excluding hydrogens is 291 g/mol. The van der Waals surface area contributed by atoms with Crippen LogP contribution in [0, 0.1) is 0 Å². The molecule has 2 aromatic rings. The van der Waals surface area contributed by atoms with Gasteiger partial charge in [0.2, 0.25) is 0 Å². The van der Waals surface area contributed by atoms with Crippen LogP contribution in [0.3, 0.4) is 0 Å². The number of benzene rings is 2. The van der Waals surface area contributed by atoms with Crippen LogP contribution < -0.4 is 10.1 Å². The predicted molar refractivity (Wildman–Crippen MR) is 78.8 cm³/mol. The second-order valence-corrected chi connectivity index (χ2v) is 5.28. The van der Waals surface area contributed by atoms with Gasteiger partial charge in [0.15, 0.2) is 0 Å². The zero-order valence-corrected chi connectivity index (χ0v) is 12.1. The van der Waals surface area contributed by atoms with Gasteiger partial charge in [-0.3, -0.25) is 0 Å². The van der Waals surface area contributed by atoms with Crippen molar-refractivity contribution in [1.82, 2.24) is 5.32 Å². The van der Waals surface area contributed by atoms with Crippen molar-refractivity contribution >= 4 is 0 Å². The maximum absolute atomic E-state index is 12.7. The summed E-state index contributed by atoms with van der Waals surface area (Å²) in [5, 5.41) is 3.30. The van der Waals surface area contributed by atoms with Gasteiger partial charge in [0, 0.05) is 12.1 Å². The molecule has 1 heterocycles. The minimum atomic E-state index is -4.32. The highest BCUT2D eigenvalue weighted by molar-refractivity contribution is 5.76. The lowest BCUT2D eigenvalue weighted by Crippen LogP contribution is -2.24. The van der Waals surface area contributed by atoms with E-state index in [-0.39, 0.29) is 0 Å². The molecule has 0 radical (unpaired) electrons. The fraction of sp³-hybridized carbons (Fsp3) is 0.294. The molecule has 3 rings (SSSR count). The van der Waals surface area contributed by atoms with Gasteiger partial charge in [0.1, 0.15) is 5.75 Å². The monoisotopic (exact) mass is 307 g/mol. The van der Waals surface area contributed by atoms with Crippen LogP contribution in [0.25, 0.3) is 11.1 Å². The van der Waals surface area contributed by atoms with E-state index in [1.807, 2.05) is 12.1 Å². The summed E-state index contributed by atoms with van der Waals surface area (Å²) in [6.45, 7) is 1.63. The van der Waals surface area contributed by atoms with Crippen molar-refractivity contribution in [2.24, 2.45) is 0 Å². The molecule has 0 bridgehead atoms. The van der Waals surface area contributed by atoms with Crippen LogP contribution in [0.4, 0.5) is 13.2 Å². The minimum Gasteiger partial charge on any atom is -0.496 e. The SMILES string of the molecule is COc1ccc2c(c1-c1ccc(C(F)(F)F)cc1)CCNC2. The number of alkyl halides is 3. The number of rotatable bonds is 2. The number of hydrogen-bond donors (Lipinski definition) is 1. The van der Waals surface area contributed by atoms with Gasteiger partial charge in [0.05, 0.1) is 12.7 Å². The van der Waals surface area contributed by atoms with E-state index in [1.54, 1.807) is 7.11 Å². The van der Waals surface area contributed by atoms with Crippen molar-refractivity contribution in [3.05, 3.63) is 53.1 Å². The highest BCUT2D eigenvalue weighted by Gasteiger charge is 2.30. The van der Waals surface area contributed by atoms with Crippen molar-refractivity contribution in [3.63, 3.8) is 0 Å². The van der Waals surface area contributed by atoms with Crippen LogP contribution in [-0.4, -0.2) is 13.7 Å². The van der Waals surface area contributed by atoms with Gasteiger partial charge in [-0.05, 0) is 47.9 Å². The maximum atomic E-state index is 12.7. The number of methoxy groups -OCH3 is 1. The molecule has 2 nitrogen and oxygen atoms in total. The minimum absolute atomic E-state index is 0.637. The number of hydrogen-bond acceptors (Lipinski definition) is 2. The summed E-state index contributed by atoms with van der Waals surface area (Å²) in [7, 11) is 1.58. The Morgan fingerprint density at radius 1 is 1.05 bits per heavy atom. The number of halogens is 3. The molecule has 0 fully saturated rings. The maximum Gasteiger partial charge on any atom is 0.416 e. The van der Waals surface area contributed by atoms with Crippen LogP contribution >= 0.6 is 0 Å². The van der Waals surface area contributed by atoms with Gasteiger partial charge in [-0.1, -0.05) is 18.2 Å². The molecule has 0 aromatic heterocycles. The Kier molecular flexibility index (Phi) is 3.83. The smallest absolute Gasteiger partial charge is 0.416 e. The highest BCUT2D eigenvalue weighted by atomic mass is 19.4. The Bertz CT molecular complexity index is 678. The molecule has 1 aliphatic heterocycles. The van der Waals surface area contributed by atoms with Crippen molar-refractivity contribution in [2.45, 2.75) is 19.1 Å². The summed E-state index contributed by atoms with van der Waals surface area (Å²) in [4.78, 5) is 0. The van der Waals surface area contributed by atoms with Crippen molar-refractivity contribution in [2.75, 3.05) is 13.7 Å². The van der Waals surface area contributed by atoms with Gasteiger partial charge in [-0.2, -0.15) is 13.2 Å². The quantitative estimate of drug-likeness (QED) is 0.904. The summed E-state index contributed by atoms with van der Waals surface area (Å²) in [6, 6.07) is 9.16. The van der Waals surface area contributed by atoms with Gasteiger partial charge in [-0.25, -0.2) is 0 Å².